The molecule has 1 atom stereocenters. The molecule has 0 saturated carbocycles. The maximum atomic E-state index is 11.5. The Morgan fingerprint density at radius 2 is 2.32 bits per heavy atom. The zero-order valence-electron chi connectivity index (χ0n) is 10.3. The van der Waals surface area contributed by atoms with E-state index in [1.807, 2.05) is 0 Å². The van der Waals surface area contributed by atoms with Gasteiger partial charge in [-0.3, -0.25) is 14.5 Å². The van der Waals surface area contributed by atoms with E-state index in [-0.39, 0.29) is 18.1 Å². The highest BCUT2D eigenvalue weighted by molar-refractivity contribution is 5.80. The van der Waals surface area contributed by atoms with Crippen LogP contribution in [0.1, 0.15) is 24.4 Å². The van der Waals surface area contributed by atoms with Crippen molar-refractivity contribution in [3.63, 3.8) is 0 Å². The minimum atomic E-state index is -0.611. The van der Waals surface area contributed by atoms with Crippen molar-refractivity contribution in [3.05, 3.63) is 27.8 Å². The van der Waals surface area contributed by atoms with Gasteiger partial charge in [-0.15, -0.1) is 0 Å². The van der Waals surface area contributed by atoms with Gasteiger partial charge in [0.15, 0.2) is 5.76 Å². The summed E-state index contributed by atoms with van der Waals surface area (Å²) in [5, 5.41) is 18.6. The molecular weight excluding hydrogens is 252 g/mol. The van der Waals surface area contributed by atoms with Gasteiger partial charge in [-0.05, 0) is 19.4 Å². The number of carbonyl (C=O) groups is 1. The Balaban J connectivity index is 2.25. The maximum absolute atomic E-state index is 11.5. The molecule has 7 nitrogen and oxygen atoms in total. The number of amides is 1. The quantitative estimate of drug-likeness (QED) is 0.664. The maximum Gasteiger partial charge on any atom is 0.234 e. The third-order valence-corrected chi connectivity index (χ3v) is 3.24. The fourth-order valence-corrected chi connectivity index (χ4v) is 2.30. The minimum absolute atomic E-state index is 0.0460. The molecule has 1 fully saturated rings. The van der Waals surface area contributed by atoms with E-state index in [4.69, 9.17) is 15.3 Å². The van der Waals surface area contributed by atoms with Crippen LogP contribution in [0.25, 0.3) is 0 Å². The van der Waals surface area contributed by atoms with Crippen LogP contribution in [-0.4, -0.2) is 33.6 Å². The van der Waals surface area contributed by atoms with Gasteiger partial charge in [0.2, 0.25) is 17.1 Å². The van der Waals surface area contributed by atoms with Crippen LogP contribution in [0.15, 0.2) is 15.3 Å². The first-order valence-electron chi connectivity index (χ1n) is 6.02. The number of nitrogens with two attached hydrogens (primary N) is 1. The molecule has 0 unspecified atom stereocenters. The van der Waals surface area contributed by atoms with Gasteiger partial charge in [-0.2, -0.15) is 0 Å². The molecule has 0 bridgehead atoms. The van der Waals surface area contributed by atoms with Crippen molar-refractivity contribution in [3.8, 4) is 5.75 Å². The first-order valence-corrected chi connectivity index (χ1v) is 6.02. The van der Waals surface area contributed by atoms with Crippen LogP contribution >= 0.6 is 0 Å². The second-order valence-corrected chi connectivity index (χ2v) is 4.54. The summed E-state index contributed by atoms with van der Waals surface area (Å²) in [5.41, 5.74) is 4.68. The van der Waals surface area contributed by atoms with Crippen molar-refractivity contribution in [2.45, 2.75) is 32.0 Å². The summed E-state index contributed by atoms with van der Waals surface area (Å²) < 4.78 is 5.23. The average molecular weight is 268 g/mol. The molecule has 7 heteroatoms. The van der Waals surface area contributed by atoms with Gasteiger partial charge < -0.3 is 20.4 Å². The SMILES string of the molecule is NC(=O)[C@@H]1CCCN1Cc1oc(CO)cc(=O)c1O. The summed E-state index contributed by atoms with van der Waals surface area (Å²) in [6.45, 7) is 0.324. The fraction of sp³-hybridized carbons (Fsp3) is 0.500. The topological polar surface area (TPSA) is 117 Å². The van der Waals surface area contributed by atoms with Crippen LogP contribution in [0.5, 0.6) is 5.75 Å². The van der Waals surface area contributed by atoms with E-state index in [2.05, 4.69) is 0 Å². The average Bonchev–Trinajstić information content (AvgIpc) is 2.82. The molecule has 1 aromatic rings. The van der Waals surface area contributed by atoms with Crippen LogP contribution in [0.4, 0.5) is 0 Å². The number of hydrogen-bond donors (Lipinski definition) is 3. The van der Waals surface area contributed by atoms with Crippen molar-refractivity contribution >= 4 is 5.91 Å². The molecule has 0 spiro atoms. The highest BCUT2D eigenvalue weighted by Crippen LogP contribution is 2.23. The molecule has 0 radical (unpaired) electrons. The Bertz CT molecular complexity index is 539. The number of aliphatic hydroxyl groups is 1. The molecule has 4 N–H and O–H groups in total. The molecule has 1 saturated heterocycles. The number of nitrogens with zero attached hydrogens (tertiary/aromatic N) is 1. The molecule has 1 amide bonds. The third kappa shape index (κ3) is 2.77. The zero-order valence-corrected chi connectivity index (χ0v) is 10.3. The minimum Gasteiger partial charge on any atom is -0.502 e. The Kier molecular flexibility index (Phi) is 3.87. The van der Waals surface area contributed by atoms with Crippen molar-refractivity contribution in [2.75, 3.05) is 6.54 Å². The Morgan fingerprint density at radius 1 is 1.58 bits per heavy atom. The molecule has 0 aliphatic carbocycles. The van der Waals surface area contributed by atoms with Crippen LogP contribution in [0, 0.1) is 0 Å². The largest absolute Gasteiger partial charge is 0.502 e. The molecule has 1 aliphatic rings. The first-order chi connectivity index (χ1) is 9.02. The monoisotopic (exact) mass is 268 g/mol. The number of rotatable bonds is 4. The lowest BCUT2D eigenvalue weighted by Crippen LogP contribution is -2.39. The second kappa shape index (κ2) is 5.41. The van der Waals surface area contributed by atoms with Crippen molar-refractivity contribution in [2.24, 2.45) is 5.73 Å². The fourth-order valence-electron chi connectivity index (χ4n) is 2.30. The first kappa shape index (κ1) is 13.6. The van der Waals surface area contributed by atoms with Gasteiger partial charge in [0.25, 0.3) is 0 Å². The summed E-state index contributed by atoms with van der Waals surface area (Å²) >= 11 is 0. The molecule has 19 heavy (non-hydrogen) atoms. The van der Waals surface area contributed by atoms with E-state index < -0.39 is 29.7 Å². The summed E-state index contributed by atoms with van der Waals surface area (Å²) in [7, 11) is 0. The zero-order chi connectivity index (χ0) is 14.0. The van der Waals surface area contributed by atoms with Gasteiger partial charge >= 0.3 is 0 Å². The lowest BCUT2D eigenvalue weighted by molar-refractivity contribution is -0.122. The molecular formula is C12H16N2O5. The van der Waals surface area contributed by atoms with Crippen LogP contribution in [0.2, 0.25) is 0 Å². The van der Waals surface area contributed by atoms with Gasteiger partial charge in [-0.25, -0.2) is 0 Å². The van der Waals surface area contributed by atoms with Crippen LogP contribution < -0.4 is 11.2 Å². The van der Waals surface area contributed by atoms with E-state index in [1.165, 1.54) is 0 Å². The Labute approximate surface area is 109 Å². The molecule has 0 aromatic carbocycles. The standard InChI is InChI=1S/C12H16N2O5/c13-12(18)8-2-1-3-14(8)5-10-11(17)9(16)4-7(6-15)19-10/h4,8,15,17H,1-3,5-6H2,(H2,13,18)/t8-/m0/s1. The molecule has 2 rings (SSSR count). The van der Waals surface area contributed by atoms with E-state index in [1.54, 1.807) is 4.90 Å². The predicted octanol–water partition coefficient (Wildman–Crippen LogP) is -0.713. The molecule has 2 heterocycles. The van der Waals surface area contributed by atoms with Crippen LogP contribution in [-0.2, 0) is 17.9 Å². The Morgan fingerprint density at radius 3 is 2.95 bits per heavy atom. The van der Waals surface area contributed by atoms with Crippen molar-refractivity contribution < 1.29 is 19.4 Å². The van der Waals surface area contributed by atoms with Gasteiger partial charge in [0.05, 0.1) is 12.6 Å². The lowest BCUT2D eigenvalue weighted by atomic mass is 10.2. The number of aliphatic hydroxyl groups excluding tert-OH is 1. The van der Waals surface area contributed by atoms with E-state index in [9.17, 15) is 14.7 Å². The summed E-state index contributed by atoms with van der Waals surface area (Å²) in [5.74, 6) is -0.803. The summed E-state index contributed by atoms with van der Waals surface area (Å²) in [4.78, 5) is 24.5. The van der Waals surface area contributed by atoms with Crippen molar-refractivity contribution in [1.82, 2.24) is 4.90 Å². The number of likely N-dealkylation sites (tertiary alicyclic amines) is 1. The van der Waals surface area contributed by atoms with E-state index >= 15 is 0 Å². The van der Waals surface area contributed by atoms with Gasteiger partial charge in [0, 0.05) is 6.07 Å². The number of primary amides is 1. The summed E-state index contributed by atoms with van der Waals surface area (Å²) in [6, 6.07) is 0.622. The highest BCUT2D eigenvalue weighted by Gasteiger charge is 2.30. The smallest absolute Gasteiger partial charge is 0.234 e. The third-order valence-electron chi connectivity index (χ3n) is 3.24. The lowest BCUT2D eigenvalue weighted by Gasteiger charge is -2.21. The number of hydrogen-bond acceptors (Lipinski definition) is 6. The molecule has 104 valence electrons. The van der Waals surface area contributed by atoms with E-state index in [0.29, 0.717) is 13.0 Å². The highest BCUT2D eigenvalue weighted by atomic mass is 16.4. The summed E-state index contributed by atoms with van der Waals surface area (Å²) in [6.07, 6.45) is 1.47. The molecule has 1 aliphatic heterocycles. The van der Waals surface area contributed by atoms with Crippen LogP contribution in [0.3, 0.4) is 0 Å². The van der Waals surface area contributed by atoms with Crippen molar-refractivity contribution in [1.29, 1.82) is 0 Å². The van der Waals surface area contributed by atoms with E-state index in [0.717, 1.165) is 12.5 Å². The Hall–Kier alpha value is -1.86. The normalized spacial score (nSPS) is 19.7. The number of aromatic hydroxyl groups is 1. The second-order valence-electron chi connectivity index (χ2n) is 4.54. The predicted molar refractivity (Wildman–Crippen MR) is 65.2 cm³/mol. The van der Waals surface area contributed by atoms with Gasteiger partial charge in [-0.1, -0.05) is 0 Å². The molecule has 1 aromatic heterocycles. The van der Waals surface area contributed by atoms with Gasteiger partial charge in [0.1, 0.15) is 12.4 Å². The number of carbonyl (C=O) groups excluding carboxylic acids is 1.